The second kappa shape index (κ2) is 8.81. The molecule has 0 radical (unpaired) electrons. The molecule has 1 aromatic heterocycles. The molecular formula is C20H28N4O. The molecule has 1 aliphatic heterocycles. The van der Waals surface area contributed by atoms with Gasteiger partial charge in [-0.3, -0.25) is 0 Å². The van der Waals surface area contributed by atoms with Crippen molar-refractivity contribution in [2.24, 2.45) is 0 Å². The largest absolute Gasteiger partial charge is 0.383 e. The van der Waals surface area contributed by atoms with Crippen molar-refractivity contribution < 1.29 is 4.74 Å². The second-order valence-electron chi connectivity index (χ2n) is 6.47. The molecule has 3 rings (SSSR count). The second-order valence-corrected chi connectivity index (χ2v) is 6.47. The Morgan fingerprint density at radius 1 is 1.20 bits per heavy atom. The molecular weight excluding hydrogens is 312 g/mol. The van der Waals surface area contributed by atoms with Gasteiger partial charge in [-0.05, 0) is 25.7 Å². The van der Waals surface area contributed by atoms with Crippen LogP contribution in [0.15, 0.2) is 36.4 Å². The Kier molecular flexibility index (Phi) is 6.23. The maximum Gasteiger partial charge on any atom is 0.163 e. The van der Waals surface area contributed by atoms with Crippen molar-refractivity contribution >= 4 is 11.6 Å². The Bertz CT molecular complexity index is 662. The number of piperidine rings is 1. The van der Waals surface area contributed by atoms with Gasteiger partial charge >= 0.3 is 0 Å². The number of ether oxygens (including phenoxy) is 1. The maximum absolute atomic E-state index is 5.14. The van der Waals surface area contributed by atoms with Crippen LogP contribution in [0.25, 0.3) is 11.4 Å². The lowest BCUT2D eigenvalue weighted by Gasteiger charge is -2.36. The van der Waals surface area contributed by atoms with Crippen LogP contribution in [0.4, 0.5) is 11.6 Å². The van der Waals surface area contributed by atoms with E-state index in [-0.39, 0.29) is 0 Å². The van der Waals surface area contributed by atoms with Crippen LogP contribution in [-0.2, 0) is 4.74 Å². The standard InChI is InChI=1S/C20H28N4O/c1-3-17-11-7-8-13-24(17)19-15-18(21-12-14-25-2)22-20(23-19)16-9-5-4-6-10-16/h4-6,9-10,15,17H,3,7-8,11-14H2,1-2H3,(H,21,22,23). The zero-order chi connectivity index (χ0) is 17.5. The summed E-state index contributed by atoms with van der Waals surface area (Å²) in [4.78, 5) is 12.1. The van der Waals surface area contributed by atoms with Crippen molar-refractivity contribution in [2.75, 3.05) is 37.0 Å². The van der Waals surface area contributed by atoms with Crippen LogP contribution in [0, 0.1) is 0 Å². The first-order chi connectivity index (χ1) is 12.3. The van der Waals surface area contributed by atoms with Crippen molar-refractivity contribution in [3.05, 3.63) is 36.4 Å². The van der Waals surface area contributed by atoms with Gasteiger partial charge in [-0.2, -0.15) is 0 Å². The van der Waals surface area contributed by atoms with Crippen molar-refractivity contribution in [1.29, 1.82) is 0 Å². The van der Waals surface area contributed by atoms with E-state index in [0.29, 0.717) is 12.6 Å². The van der Waals surface area contributed by atoms with Crippen LogP contribution < -0.4 is 10.2 Å². The fraction of sp³-hybridized carbons (Fsp3) is 0.500. The molecule has 1 saturated heterocycles. The fourth-order valence-corrected chi connectivity index (χ4v) is 3.40. The molecule has 0 aliphatic carbocycles. The number of rotatable bonds is 7. The topological polar surface area (TPSA) is 50.3 Å². The molecule has 5 heteroatoms. The van der Waals surface area contributed by atoms with E-state index >= 15 is 0 Å². The van der Waals surface area contributed by atoms with E-state index in [2.05, 4.69) is 35.3 Å². The van der Waals surface area contributed by atoms with Crippen molar-refractivity contribution in [1.82, 2.24) is 9.97 Å². The number of aromatic nitrogens is 2. The third kappa shape index (κ3) is 4.48. The van der Waals surface area contributed by atoms with E-state index in [1.54, 1.807) is 7.11 Å². The number of hydrogen-bond acceptors (Lipinski definition) is 5. The molecule has 0 amide bonds. The van der Waals surface area contributed by atoms with Crippen LogP contribution in [0.1, 0.15) is 32.6 Å². The average Bonchev–Trinajstić information content (AvgIpc) is 2.68. The summed E-state index contributed by atoms with van der Waals surface area (Å²) in [6.45, 7) is 4.72. The molecule has 1 aliphatic rings. The Hall–Kier alpha value is -2.14. The first-order valence-electron chi connectivity index (χ1n) is 9.25. The molecule has 0 saturated carbocycles. The average molecular weight is 340 g/mol. The first kappa shape index (κ1) is 17.7. The lowest BCUT2D eigenvalue weighted by molar-refractivity contribution is 0.210. The van der Waals surface area contributed by atoms with Gasteiger partial charge in [0.1, 0.15) is 11.6 Å². The lowest BCUT2D eigenvalue weighted by atomic mass is 10.00. The van der Waals surface area contributed by atoms with Gasteiger partial charge in [0.2, 0.25) is 0 Å². The predicted molar refractivity (Wildman–Crippen MR) is 103 cm³/mol. The number of hydrogen-bond donors (Lipinski definition) is 1. The van der Waals surface area contributed by atoms with Gasteiger partial charge in [0.25, 0.3) is 0 Å². The molecule has 2 heterocycles. The van der Waals surface area contributed by atoms with Crippen molar-refractivity contribution in [2.45, 2.75) is 38.6 Å². The predicted octanol–water partition coefficient (Wildman–Crippen LogP) is 3.97. The van der Waals surface area contributed by atoms with E-state index in [1.807, 2.05) is 18.2 Å². The van der Waals surface area contributed by atoms with Crippen molar-refractivity contribution in [3.63, 3.8) is 0 Å². The quantitative estimate of drug-likeness (QED) is 0.773. The Morgan fingerprint density at radius 2 is 2.04 bits per heavy atom. The maximum atomic E-state index is 5.14. The highest BCUT2D eigenvalue weighted by molar-refractivity contribution is 5.62. The number of nitrogens with one attached hydrogen (secondary N) is 1. The molecule has 1 fully saturated rings. The van der Waals surface area contributed by atoms with Gasteiger partial charge in [0.05, 0.1) is 6.61 Å². The summed E-state index contributed by atoms with van der Waals surface area (Å²) in [5.74, 6) is 2.67. The minimum absolute atomic E-state index is 0.569. The minimum Gasteiger partial charge on any atom is -0.383 e. The van der Waals surface area contributed by atoms with E-state index in [1.165, 1.54) is 19.3 Å². The van der Waals surface area contributed by atoms with Gasteiger partial charge in [-0.1, -0.05) is 37.3 Å². The summed E-state index contributed by atoms with van der Waals surface area (Å²) in [5, 5.41) is 3.37. The van der Waals surface area contributed by atoms with Crippen LogP contribution in [-0.4, -0.2) is 42.8 Å². The summed E-state index contributed by atoms with van der Waals surface area (Å²) in [6, 6.07) is 12.8. The number of nitrogens with zero attached hydrogens (tertiary/aromatic N) is 3. The lowest BCUT2D eigenvalue weighted by Crippen LogP contribution is -2.39. The Balaban J connectivity index is 1.94. The highest BCUT2D eigenvalue weighted by Crippen LogP contribution is 2.28. The molecule has 1 atom stereocenters. The first-order valence-corrected chi connectivity index (χ1v) is 9.25. The number of anilines is 2. The third-order valence-electron chi connectivity index (χ3n) is 4.75. The van der Waals surface area contributed by atoms with Crippen LogP contribution in [0.3, 0.4) is 0 Å². The van der Waals surface area contributed by atoms with Gasteiger partial charge in [-0.15, -0.1) is 0 Å². The van der Waals surface area contributed by atoms with E-state index < -0.39 is 0 Å². The Labute approximate surface area is 150 Å². The third-order valence-corrected chi connectivity index (χ3v) is 4.75. The monoisotopic (exact) mass is 340 g/mol. The Morgan fingerprint density at radius 3 is 2.80 bits per heavy atom. The number of benzene rings is 1. The van der Waals surface area contributed by atoms with Gasteiger partial charge in [0, 0.05) is 37.9 Å². The summed E-state index contributed by atoms with van der Waals surface area (Å²) in [7, 11) is 1.71. The molecule has 0 spiro atoms. The van der Waals surface area contributed by atoms with Crippen LogP contribution in [0.5, 0.6) is 0 Å². The van der Waals surface area contributed by atoms with Gasteiger partial charge in [-0.25, -0.2) is 9.97 Å². The zero-order valence-corrected chi connectivity index (χ0v) is 15.2. The minimum atomic E-state index is 0.569. The summed E-state index contributed by atoms with van der Waals surface area (Å²) in [6.07, 6.45) is 4.93. The van der Waals surface area contributed by atoms with E-state index in [9.17, 15) is 0 Å². The van der Waals surface area contributed by atoms with Crippen LogP contribution in [0.2, 0.25) is 0 Å². The SMILES string of the molecule is CCC1CCCCN1c1cc(NCCOC)nc(-c2ccccc2)n1. The highest BCUT2D eigenvalue weighted by atomic mass is 16.5. The molecule has 1 aromatic carbocycles. The molecule has 25 heavy (non-hydrogen) atoms. The fourth-order valence-electron chi connectivity index (χ4n) is 3.40. The van der Waals surface area contributed by atoms with Crippen LogP contribution >= 0.6 is 0 Å². The highest BCUT2D eigenvalue weighted by Gasteiger charge is 2.23. The summed E-state index contributed by atoms with van der Waals surface area (Å²) in [5.41, 5.74) is 1.05. The van der Waals surface area contributed by atoms with E-state index in [0.717, 1.165) is 42.5 Å². The molecule has 1 unspecified atom stereocenters. The number of methoxy groups -OCH3 is 1. The molecule has 5 nitrogen and oxygen atoms in total. The molecule has 134 valence electrons. The smallest absolute Gasteiger partial charge is 0.163 e. The molecule has 2 aromatic rings. The zero-order valence-electron chi connectivity index (χ0n) is 15.2. The summed E-state index contributed by atoms with van der Waals surface area (Å²) < 4.78 is 5.14. The molecule has 0 bridgehead atoms. The van der Waals surface area contributed by atoms with Crippen molar-refractivity contribution in [3.8, 4) is 11.4 Å². The van der Waals surface area contributed by atoms with E-state index in [4.69, 9.17) is 14.7 Å². The normalized spacial score (nSPS) is 17.5. The molecule has 1 N–H and O–H groups in total. The van der Waals surface area contributed by atoms with Gasteiger partial charge in [0.15, 0.2) is 5.82 Å². The van der Waals surface area contributed by atoms with Gasteiger partial charge < -0.3 is 15.0 Å². The summed E-state index contributed by atoms with van der Waals surface area (Å²) >= 11 is 0.